The monoisotopic (exact) mass is 477 g/mol. The zero-order valence-electron chi connectivity index (χ0n) is 18.9. The molecule has 0 spiro atoms. The van der Waals surface area contributed by atoms with Gasteiger partial charge in [0.05, 0.1) is 27.7 Å². The van der Waals surface area contributed by atoms with Gasteiger partial charge in [0.1, 0.15) is 0 Å². The van der Waals surface area contributed by atoms with Gasteiger partial charge >= 0.3 is 12.0 Å². The maximum absolute atomic E-state index is 12.9. The Balaban J connectivity index is 1.46. The Morgan fingerprint density at radius 1 is 1.15 bits per heavy atom. The molecular formula is C24H23N5O4S. The van der Waals surface area contributed by atoms with E-state index in [9.17, 15) is 14.4 Å². The molecule has 3 aromatic heterocycles. The number of aromatic nitrogens is 3. The van der Waals surface area contributed by atoms with Gasteiger partial charge in [0.2, 0.25) is 0 Å². The van der Waals surface area contributed by atoms with E-state index in [2.05, 4.69) is 20.7 Å². The van der Waals surface area contributed by atoms with Gasteiger partial charge in [-0.15, -0.1) is 11.3 Å². The molecule has 0 fully saturated rings. The van der Waals surface area contributed by atoms with E-state index in [1.165, 1.54) is 11.3 Å². The maximum Gasteiger partial charge on any atom is 0.339 e. The Bertz CT molecular complexity index is 1380. The lowest BCUT2D eigenvalue weighted by Crippen LogP contribution is -2.37. The number of fused-ring (bicyclic) bond motifs is 1. The number of anilines is 1. The molecule has 0 bridgehead atoms. The lowest BCUT2D eigenvalue weighted by atomic mass is 10.1. The van der Waals surface area contributed by atoms with Crippen LogP contribution in [-0.4, -0.2) is 39.3 Å². The number of esters is 1. The molecule has 10 heteroatoms. The number of hydrogen-bond acceptors (Lipinski definition) is 7. The van der Waals surface area contributed by atoms with Crippen LogP contribution in [0.3, 0.4) is 0 Å². The second-order valence-electron chi connectivity index (χ2n) is 7.56. The van der Waals surface area contributed by atoms with Crippen molar-refractivity contribution in [1.82, 2.24) is 20.1 Å². The number of carbonyl (C=O) groups excluding carboxylic acids is 3. The van der Waals surface area contributed by atoms with E-state index in [4.69, 9.17) is 4.74 Å². The normalized spacial score (nSPS) is 10.8. The number of hydrogen-bond donors (Lipinski definition) is 2. The lowest BCUT2D eigenvalue weighted by Gasteiger charge is -2.11. The number of imide groups is 1. The molecule has 4 aromatic rings. The van der Waals surface area contributed by atoms with Crippen molar-refractivity contribution in [3.8, 4) is 10.6 Å². The van der Waals surface area contributed by atoms with Crippen molar-refractivity contribution in [2.24, 2.45) is 0 Å². The van der Waals surface area contributed by atoms with Crippen molar-refractivity contribution >= 4 is 46.0 Å². The van der Waals surface area contributed by atoms with Gasteiger partial charge in [0, 0.05) is 12.2 Å². The highest BCUT2D eigenvalue weighted by Gasteiger charge is 2.20. The minimum Gasteiger partial charge on any atom is -0.452 e. The Morgan fingerprint density at radius 3 is 2.71 bits per heavy atom. The number of thiophene rings is 1. The number of urea groups is 1. The van der Waals surface area contributed by atoms with E-state index in [1.807, 2.05) is 50.4 Å². The number of carbonyl (C=O) groups is 3. The standard InChI is InChI=1S/C24H23N5O4S/c1-4-29-22-17(12-25-29)16(11-19(26-22)20-9-6-10-34-20)23(31)33-13-21(30)28-24(32)27-18-8-5-7-14(2)15(18)3/h5-12H,4,13H2,1-3H3,(H2,27,28,30,32). The molecule has 0 aliphatic carbocycles. The number of rotatable bonds is 6. The summed E-state index contributed by atoms with van der Waals surface area (Å²) in [4.78, 5) is 42.8. The van der Waals surface area contributed by atoms with Crippen LogP contribution in [0.15, 0.2) is 48.0 Å². The van der Waals surface area contributed by atoms with Crippen LogP contribution in [0.25, 0.3) is 21.6 Å². The quantitative estimate of drug-likeness (QED) is 0.400. The average molecular weight is 478 g/mol. The summed E-state index contributed by atoms with van der Waals surface area (Å²) in [6.07, 6.45) is 1.55. The average Bonchev–Trinajstić information content (AvgIpc) is 3.49. The summed E-state index contributed by atoms with van der Waals surface area (Å²) in [6.45, 7) is 5.69. The minimum absolute atomic E-state index is 0.251. The first kappa shape index (κ1) is 23.1. The maximum atomic E-state index is 12.9. The van der Waals surface area contributed by atoms with Crippen LogP contribution in [0.4, 0.5) is 10.5 Å². The van der Waals surface area contributed by atoms with Gasteiger partial charge in [-0.05, 0) is 55.5 Å². The molecule has 174 valence electrons. The zero-order chi connectivity index (χ0) is 24.2. The molecule has 0 aliphatic heterocycles. The summed E-state index contributed by atoms with van der Waals surface area (Å²) in [5.41, 5.74) is 3.92. The Hall–Kier alpha value is -4.05. The first-order valence-corrected chi connectivity index (χ1v) is 11.5. The summed E-state index contributed by atoms with van der Waals surface area (Å²) >= 11 is 1.50. The van der Waals surface area contributed by atoms with Crippen molar-refractivity contribution in [2.45, 2.75) is 27.3 Å². The highest BCUT2D eigenvalue weighted by molar-refractivity contribution is 7.13. The largest absolute Gasteiger partial charge is 0.452 e. The number of pyridine rings is 1. The topological polar surface area (TPSA) is 115 Å². The smallest absolute Gasteiger partial charge is 0.339 e. The summed E-state index contributed by atoms with van der Waals surface area (Å²) in [5, 5.41) is 11.5. The second-order valence-corrected chi connectivity index (χ2v) is 8.50. The Kier molecular flexibility index (Phi) is 6.69. The van der Waals surface area contributed by atoms with Crippen LogP contribution >= 0.6 is 11.3 Å². The summed E-state index contributed by atoms with van der Waals surface area (Å²) in [5.74, 6) is -1.45. The minimum atomic E-state index is -0.746. The fourth-order valence-corrected chi connectivity index (χ4v) is 4.10. The van der Waals surface area contributed by atoms with Crippen molar-refractivity contribution < 1.29 is 19.1 Å². The number of ether oxygens (including phenoxy) is 1. The van der Waals surface area contributed by atoms with Crippen molar-refractivity contribution in [3.05, 3.63) is 64.7 Å². The Morgan fingerprint density at radius 2 is 1.97 bits per heavy atom. The molecule has 0 unspecified atom stereocenters. The van der Waals surface area contributed by atoms with Gasteiger partial charge in [-0.25, -0.2) is 19.3 Å². The number of amides is 3. The molecule has 0 saturated heterocycles. The first-order valence-electron chi connectivity index (χ1n) is 10.6. The van der Waals surface area contributed by atoms with E-state index < -0.39 is 24.5 Å². The number of nitrogens with zero attached hydrogens (tertiary/aromatic N) is 3. The lowest BCUT2D eigenvalue weighted by molar-refractivity contribution is -0.123. The molecule has 2 N–H and O–H groups in total. The summed E-state index contributed by atoms with van der Waals surface area (Å²) in [7, 11) is 0. The Labute approximate surface area is 199 Å². The molecule has 0 atom stereocenters. The molecule has 4 rings (SSSR count). The molecule has 0 aliphatic rings. The van der Waals surface area contributed by atoms with Gasteiger partial charge in [0.25, 0.3) is 5.91 Å². The van der Waals surface area contributed by atoms with Crippen molar-refractivity contribution in [3.63, 3.8) is 0 Å². The van der Waals surface area contributed by atoms with Gasteiger partial charge in [-0.3, -0.25) is 10.1 Å². The van der Waals surface area contributed by atoms with E-state index in [-0.39, 0.29) is 5.56 Å². The van der Waals surface area contributed by atoms with E-state index in [0.29, 0.717) is 29.0 Å². The third kappa shape index (κ3) is 4.81. The highest BCUT2D eigenvalue weighted by atomic mass is 32.1. The molecule has 3 heterocycles. The molecule has 9 nitrogen and oxygen atoms in total. The van der Waals surface area contributed by atoms with Gasteiger partial charge in [0.15, 0.2) is 12.3 Å². The van der Waals surface area contributed by atoms with Crippen LogP contribution in [-0.2, 0) is 16.1 Å². The van der Waals surface area contributed by atoms with E-state index in [0.717, 1.165) is 16.0 Å². The fourth-order valence-electron chi connectivity index (χ4n) is 3.41. The molecule has 1 aromatic carbocycles. The van der Waals surface area contributed by atoms with E-state index in [1.54, 1.807) is 23.0 Å². The number of aryl methyl sites for hydroxylation is 2. The fraction of sp³-hybridized carbons (Fsp3) is 0.208. The molecular weight excluding hydrogens is 454 g/mol. The highest BCUT2D eigenvalue weighted by Crippen LogP contribution is 2.28. The number of benzene rings is 1. The molecule has 0 saturated carbocycles. The predicted molar refractivity (Wildman–Crippen MR) is 130 cm³/mol. The predicted octanol–water partition coefficient (Wildman–Crippen LogP) is 4.30. The summed E-state index contributed by atoms with van der Waals surface area (Å²) < 4.78 is 6.90. The van der Waals surface area contributed by atoms with E-state index >= 15 is 0 Å². The van der Waals surface area contributed by atoms with Gasteiger partial charge < -0.3 is 10.1 Å². The third-order valence-electron chi connectivity index (χ3n) is 5.34. The number of nitrogens with one attached hydrogen (secondary N) is 2. The second kappa shape index (κ2) is 9.84. The zero-order valence-corrected chi connectivity index (χ0v) is 19.7. The first-order chi connectivity index (χ1) is 16.4. The molecule has 34 heavy (non-hydrogen) atoms. The van der Waals surface area contributed by atoms with Gasteiger partial charge in [-0.2, -0.15) is 5.10 Å². The van der Waals surface area contributed by atoms with Crippen LogP contribution in [0, 0.1) is 13.8 Å². The SMILES string of the molecule is CCn1ncc2c(C(=O)OCC(=O)NC(=O)Nc3cccc(C)c3C)cc(-c3cccs3)nc21. The van der Waals surface area contributed by atoms with Crippen LogP contribution in [0.5, 0.6) is 0 Å². The summed E-state index contributed by atoms with van der Waals surface area (Å²) in [6, 6.07) is 10.2. The van der Waals surface area contributed by atoms with Crippen LogP contribution in [0.2, 0.25) is 0 Å². The van der Waals surface area contributed by atoms with Gasteiger partial charge in [-0.1, -0.05) is 18.2 Å². The van der Waals surface area contributed by atoms with Crippen molar-refractivity contribution in [2.75, 3.05) is 11.9 Å². The molecule has 3 amide bonds. The van der Waals surface area contributed by atoms with Crippen LogP contribution in [0.1, 0.15) is 28.4 Å². The molecule has 0 radical (unpaired) electrons. The third-order valence-corrected chi connectivity index (χ3v) is 6.23. The van der Waals surface area contributed by atoms with Crippen LogP contribution < -0.4 is 10.6 Å². The van der Waals surface area contributed by atoms with Crippen molar-refractivity contribution in [1.29, 1.82) is 0 Å².